The number of ether oxygens (including phenoxy) is 1. The minimum absolute atomic E-state index is 0.141. The SMILES string of the molecule is CC(C)c1nc(CNC(=O)c2cccc(Oc3ccccc3)c2)cs1. The summed E-state index contributed by atoms with van der Waals surface area (Å²) in [6.45, 7) is 4.64. The Hall–Kier alpha value is -2.66. The number of thiazole rings is 1. The minimum Gasteiger partial charge on any atom is -0.457 e. The predicted octanol–water partition coefficient (Wildman–Crippen LogP) is 4.99. The average Bonchev–Trinajstić information content (AvgIpc) is 3.10. The second kappa shape index (κ2) is 7.94. The molecule has 0 atom stereocenters. The van der Waals surface area contributed by atoms with Crippen molar-refractivity contribution in [3.8, 4) is 11.5 Å². The van der Waals surface area contributed by atoms with Crippen LogP contribution in [-0.4, -0.2) is 10.9 Å². The van der Waals surface area contributed by atoms with Gasteiger partial charge >= 0.3 is 0 Å². The van der Waals surface area contributed by atoms with Gasteiger partial charge < -0.3 is 10.1 Å². The smallest absolute Gasteiger partial charge is 0.251 e. The van der Waals surface area contributed by atoms with Gasteiger partial charge in [-0.25, -0.2) is 4.98 Å². The second-order valence-electron chi connectivity index (χ2n) is 5.96. The maximum atomic E-state index is 12.4. The lowest BCUT2D eigenvalue weighted by Crippen LogP contribution is -2.22. The maximum Gasteiger partial charge on any atom is 0.251 e. The molecule has 0 bridgehead atoms. The summed E-state index contributed by atoms with van der Waals surface area (Å²) in [6.07, 6.45) is 0. The number of carbonyl (C=O) groups is 1. The first-order valence-corrected chi connectivity index (χ1v) is 9.05. The van der Waals surface area contributed by atoms with Crippen LogP contribution in [0.4, 0.5) is 0 Å². The number of aromatic nitrogens is 1. The number of benzene rings is 2. The summed E-state index contributed by atoms with van der Waals surface area (Å²) >= 11 is 1.63. The molecule has 128 valence electrons. The molecule has 4 nitrogen and oxygen atoms in total. The van der Waals surface area contributed by atoms with Crippen LogP contribution >= 0.6 is 11.3 Å². The molecule has 0 spiro atoms. The number of nitrogens with zero attached hydrogens (tertiary/aromatic N) is 1. The zero-order valence-electron chi connectivity index (χ0n) is 14.2. The molecular weight excluding hydrogens is 332 g/mol. The fourth-order valence-electron chi connectivity index (χ4n) is 2.27. The Labute approximate surface area is 151 Å². The molecule has 0 unspecified atom stereocenters. The van der Waals surface area contributed by atoms with Gasteiger partial charge in [-0.05, 0) is 30.3 Å². The molecule has 1 N–H and O–H groups in total. The third-order valence-corrected chi connectivity index (χ3v) is 4.76. The molecule has 3 rings (SSSR count). The molecule has 5 heteroatoms. The Balaban J connectivity index is 1.62. The number of amides is 1. The van der Waals surface area contributed by atoms with Crippen LogP contribution in [0.15, 0.2) is 60.0 Å². The van der Waals surface area contributed by atoms with Gasteiger partial charge in [-0.2, -0.15) is 0 Å². The van der Waals surface area contributed by atoms with Gasteiger partial charge in [0.15, 0.2) is 0 Å². The first-order valence-electron chi connectivity index (χ1n) is 8.17. The van der Waals surface area contributed by atoms with Gasteiger partial charge in [0.05, 0.1) is 17.2 Å². The molecule has 2 aromatic carbocycles. The van der Waals surface area contributed by atoms with Crippen molar-refractivity contribution in [1.82, 2.24) is 10.3 Å². The Bertz CT molecular complexity index is 844. The third-order valence-electron chi connectivity index (χ3n) is 3.57. The Morgan fingerprint density at radius 1 is 1.12 bits per heavy atom. The molecule has 0 aliphatic rings. The average molecular weight is 352 g/mol. The van der Waals surface area contributed by atoms with Crippen LogP contribution < -0.4 is 10.1 Å². The highest BCUT2D eigenvalue weighted by molar-refractivity contribution is 7.09. The molecule has 0 saturated carbocycles. The molecule has 0 saturated heterocycles. The molecule has 3 aromatic rings. The summed E-state index contributed by atoms with van der Waals surface area (Å²) in [7, 11) is 0. The molecular formula is C20H20N2O2S. The number of hydrogen-bond donors (Lipinski definition) is 1. The first-order chi connectivity index (χ1) is 12.1. The number of para-hydroxylation sites is 1. The molecule has 0 aliphatic heterocycles. The molecule has 0 aliphatic carbocycles. The van der Waals surface area contributed by atoms with Crippen molar-refractivity contribution in [3.05, 3.63) is 76.2 Å². The fraction of sp³-hybridized carbons (Fsp3) is 0.200. The second-order valence-corrected chi connectivity index (χ2v) is 6.85. The highest BCUT2D eigenvalue weighted by Gasteiger charge is 2.10. The number of carbonyl (C=O) groups excluding carboxylic acids is 1. The monoisotopic (exact) mass is 352 g/mol. The van der Waals surface area contributed by atoms with E-state index >= 15 is 0 Å². The summed E-state index contributed by atoms with van der Waals surface area (Å²) in [5.74, 6) is 1.64. The highest BCUT2D eigenvalue weighted by atomic mass is 32.1. The largest absolute Gasteiger partial charge is 0.457 e. The van der Waals surface area contributed by atoms with E-state index in [1.54, 1.807) is 23.5 Å². The van der Waals surface area contributed by atoms with E-state index in [4.69, 9.17) is 4.74 Å². The first kappa shape index (κ1) is 17.2. The van der Waals surface area contributed by atoms with E-state index in [9.17, 15) is 4.79 Å². The lowest BCUT2D eigenvalue weighted by Gasteiger charge is -2.08. The molecule has 1 heterocycles. The Morgan fingerprint density at radius 2 is 1.88 bits per heavy atom. The molecule has 1 aromatic heterocycles. The Morgan fingerprint density at radius 3 is 2.60 bits per heavy atom. The summed E-state index contributed by atoms with van der Waals surface area (Å²) < 4.78 is 5.77. The third kappa shape index (κ3) is 4.67. The minimum atomic E-state index is -0.141. The zero-order chi connectivity index (χ0) is 17.6. The van der Waals surface area contributed by atoms with Crippen LogP contribution in [0.5, 0.6) is 11.5 Å². The van der Waals surface area contributed by atoms with Gasteiger partial charge in [-0.15, -0.1) is 11.3 Å². The van der Waals surface area contributed by atoms with E-state index in [-0.39, 0.29) is 5.91 Å². The number of hydrogen-bond acceptors (Lipinski definition) is 4. The lowest BCUT2D eigenvalue weighted by atomic mass is 10.2. The van der Waals surface area contributed by atoms with Crippen molar-refractivity contribution in [2.24, 2.45) is 0 Å². The van der Waals surface area contributed by atoms with Crippen LogP contribution in [0.2, 0.25) is 0 Å². The van der Waals surface area contributed by atoms with Crippen molar-refractivity contribution < 1.29 is 9.53 Å². The predicted molar refractivity (Wildman–Crippen MR) is 100 cm³/mol. The van der Waals surface area contributed by atoms with E-state index in [0.29, 0.717) is 23.8 Å². The van der Waals surface area contributed by atoms with Crippen molar-refractivity contribution in [1.29, 1.82) is 0 Å². The van der Waals surface area contributed by atoms with Gasteiger partial charge in [-0.3, -0.25) is 4.79 Å². The van der Waals surface area contributed by atoms with E-state index in [1.807, 2.05) is 47.8 Å². The van der Waals surface area contributed by atoms with Crippen LogP contribution in [0.1, 0.15) is 40.8 Å². The highest BCUT2D eigenvalue weighted by Crippen LogP contribution is 2.22. The summed E-state index contributed by atoms with van der Waals surface area (Å²) in [5.41, 5.74) is 1.45. The zero-order valence-corrected chi connectivity index (χ0v) is 15.0. The van der Waals surface area contributed by atoms with Crippen molar-refractivity contribution >= 4 is 17.2 Å². The molecule has 25 heavy (non-hydrogen) atoms. The normalized spacial score (nSPS) is 10.7. The van der Waals surface area contributed by atoms with Crippen LogP contribution in [0, 0.1) is 0 Å². The van der Waals surface area contributed by atoms with E-state index < -0.39 is 0 Å². The summed E-state index contributed by atoms with van der Waals surface area (Å²) in [4.78, 5) is 16.9. The van der Waals surface area contributed by atoms with Gasteiger partial charge in [0.1, 0.15) is 11.5 Å². The van der Waals surface area contributed by atoms with E-state index in [2.05, 4.69) is 24.1 Å². The van der Waals surface area contributed by atoms with Crippen LogP contribution in [0.3, 0.4) is 0 Å². The Kier molecular flexibility index (Phi) is 5.46. The van der Waals surface area contributed by atoms with Gasteiger partial charge in [0, 0.05) is 16.9 Å². The summed E-state index contributed by atoms with van der Waals surface area (Å²) in [5, 5.41) is 5.98. The van der Waals surface area contributed by atoms with Crippen LogP contribution in [0.25, 0.3) is 0 Å². The standard InChI is InChI=1S/C20H20N2O2S/c1-14(2)20-22-16(13-25-20)12-21-19(23)15-7-6-10-18(11-15)24-17-8-4-3-5-9-17/h3-11,13-14H,12H2,1-2H3,(H,21,23). The number of nitrogens with one attached hydrogen (secondary N) is 1. The molecule has 0 radical (unpaired) electrons. The molecule has 0 fully saturated rings. The van der Waals surface area contributed by atoms with Gasteiger partial charge in [-0.1, -0.05) is 38.1 Å². The number of rotatable bonds is 6. The van der Waals surface area contributed by atoms with Gasteiger partial charge in [0.25, 0.3) is 5.91 Å². The van der Waals surface area contributed by atoms with Crippen molar-refractivity contribution in [2.75, 3.05) is 0 Å². The van der Waals surface area contributed by atoms with Crippen LogP contribution in [-0.2, 0) is 6.54 Å². The van der Waals surface area contributed by atoms with Crippen molar-refractivity contribution in [3.63, 3.8) is 0 Å². The lowest BCUT2D eigenvalue weighted by molar-refractivity contribution is 0.0950. The quantitative estimate of drug-likeness (QED) is 0.680. The van der Waals surface area contributed by atoms with Crippen molar-refractivity contribution in [2.45, 2.75) is 26.3 Å². The maximum absolute atomic E-state index is 12.4. The fourth-order valence-corrected chi connectivity index (χ4v) is 3.10. The van der Waals surface area contributed by atoms with E-state index in [0.717, 1.165) is 16.5 Å². The van der Waals surface area contributed by atoms with E-state index in [1.165, 1.54) is 0 Å². The summed E-state index contributed by atoms with van der Waals surface area (Å²) in [6, 6.07) is 16.7. The topological polar surface area (TPSA) is 51.2 Å². The molecule has 1 amide bonds. The van der Waals surface area contributed by atoms with Gasteiger partial charge in [0.2, 0.25) is 0 Å².